The molecule has 0 aromatic carbocycles. The molecule has 0 heterocycles. The Morgan fingerprint density at radius 2 is 1.25 bits per heavy atom. The first-order chi connectivity index (χ1) is 1.00. The summed E-state index contributed by atoms with van der Waals surface area (Å²) in [6, 6.07) is 0. The monoisotopic (exact) mass is 104 g/mol. The molecule has 0 fully saturated rings. The summed E-state index contributed by atoms with van der Waals surface area (Å²) in [4.78, 5) is 0. The van der Waals surface area contributed by atoms with E-state index in [9.17, 15) is 0 Å². The van der Waals surface area contributed by atoms with Gasteiger partial charge in [-0.1, -0.05) is 0 Å². The third-order valence-electron chi connectivity index (χ3n) is 0. The van der Waals surface area contributed by atoms with Crippen molar-refractivity contribution in [1.29, 1.82) is 0 Å². The maximum atomic E-state index is 8.28. The summed E-state index contributed by atoms with van der Waals surface area (Å²) in [6.07, 6.45) is 0. The summed E-state index contributed by atoms with van der Waals surface area (Å²) in [5.41, 5.74) is 0. The third kappa shape index (κ3) is 9.60. The van der Waals surface area contributed by atoms with Crippen LogP contribution in [0, 0.1) is 0 Å². The molecular formula is H5AlCaO2. The van der Waals surface area contributed by atoms with Crippen LogP contribution in [0.15, 0.2) is 0 Å². The first-order valence-corrected chi connectivity index (χ1v) is 0.866. The van der Waals surface area contributed by atoms with E-state index in [2.05, 4.69) is 0 Å². The van der Waals surface area contributed by atoms with Crippen molar-refractivity contribution in [1.82, 2.24) is 0 Å². The molecule has 0 amide bonds. The van der Waals surface area contributed by atoms with Crippen molar-refractivity contribution < 1.29 is 9.28 Å². The minimum absolute atomic E-state index is 0. The van der Waals surface area contributed by atoms with E-state index in [1.165, 1.54) is 0 Å². The van der Waals surface area contributed by atoms with E-state index >= 15 is 0 Å². The second-order valence-corrected chi connectivity index (χ2v) is 0. The number of hydrogen-bond donors (Lipinski definition) is 0. The van der Waals surface area contributed by atoms with Gasteiger partial charge in [-0.15, -0.1) is 0 Å². The van der Waals surface area contributed by atoms with E-state index in [0.717, 1.165) is 0 Å². The Kier molecular flexibility index (Phi) is 105. The van der Waals surface area contributed by atoms with Crippen LogP contribution in [-0.2, 0) is 3.80 Å². The Morgan fingerprint density at radius 3 is 1.25 bits per heavy atom. The summed E-state index contributed by atoms with van der Waals surface area (Å²) in [5.74, 6) is 0. The Hall–Kier alpha value is 1.55. The van der Waals surface area contributed by atoms with Crippen molar-refractivity contribution in [3.8, 4) is 0 Å². The molecule has 2 N–H and O–H groups in total. The summed E-state index contributed by atoms with van der Waals surface area (Å²) in [5, 5.41) is 0. The summed E-state index contributed by atoms with van der Waals surface area (Å²) in [7, 11) is 0. The van der Waals surface area contributed by atoms with Crippen LogP contribution in [-0.4, -0.2) is 59.4 Å². The van der Waals surface area contributed by atoms with Gasteiger partial charge >= 0.3 is 57.8 Å². The Balaban J connectivity index is -0.00000000500. The fourth-order valence-corrected chi connectivity index (χ4v) is 0. The summed E-state index contributed by atoms with van der Waals surface area (Å²) < 4.78 is 8.28. The van der Waals surface area contributed by atoms with Gasteiger partial charge < -0.3 is 5.48 Å². The summed E-state index contributed by atoms with van der Waals surface area (Å²) in [6.45, 7) is 0. The first kappa shape index (κ1) is 17.7. The van der Waals surface area contributed by atoms with E-state index in [-0.39, 0.29) is 43.2 Å². The molecule has 0 aliphatic heterocycles. The van der Waals surface area contributed by atoms with Crippen molar-refractivity contribution in [3.05, 3.63) is 0 Å². The van der Waals surface area contributed by atoms with Crippen LogP contribution in [0.4, 0.5) is 0 Å². The van der Waals surface area contributed by atoms with Crippen LogP contribution < -0.4 is 0 Å². The van der Waals surface area contributed by atoms with Gasteiger partial charge in [0, 0.05) is 0 Å². The minimum atomic E-state index is 0. The van der Waals surface area contributed by atoms with E-state index in [1.807, 2.05) is 0 Å². The zero-order valence-corrected chi connectivity index (χ0v) is 3.03. The van der Waals surface area contributed by atoms with Crippen LogP contribution in [0.3, 0.4) is 0 Å². The van der Waals surface area contributed by atoms with Gasteiger partial charge in [-0.3, -0.25) is 0 Å². The van der Waals surface area contributed by atoms with Gasteiger partial charge in [0.15, 0.2) is 0 Å². The van der Waals surface area contributed by atoms with Gasteiger partial charge in [0.1, 0.15) is 0 Å². The quantitative estimate of drug-likeness (QED) is 0.313. The second kappa shape index (κ2) is 23.8. The van der Waals surface area contributed by atoms with Gasteiger partial charge in [0.2, 0.25) is 0 Å². The number of rotatable bonds is 0. The molecule has 2 nitrogen and oxygen atoms in total. The van der Waals surface area contributed by atoms with Crippen molar-refractivity contribution in [2.75, 3.05) is 0 Å². The van der Waals surface area contributed by atoms with Gasteiger partial charge in [-0.05, 0) is 0 Å². The Bertz CT molecular complexity index is 6.00. The van der Waals surface area contributed by atoms with E-state index < -0.39 is 0 Å². The number of hydrogen-bond acceptors (Lipinski definition) is 1. The van der Waals surface area contributed by atoms with Crippen molar-refractivity contribution in [2.24, 2.45) is 0 Å². The van der Waals surface area contributed by atoms with Gasteiger partial charge in [0.05, 0.1) is 0 Å². The third-order valence-corrected chi connectivity index (χ3v) is 0. The molecule has 0 aliphatic rings. The maximum absolute atomic E-state index is 8.28. The summed E-state index contributed by atoms with van der Waals surface area (Å²) >= 11 is 0.611. The molecule has 0 aromatic heterocycles. The van der Waals surface area contributed by atoms with E-state index in [0.29, 0.717) is 16.2 Å². The molecule has 0 unspecified atom stereocenters. The van der Waals surface area contributed by atoms with E-state index in [4.69, 9.17) is 3.80 Å². The average Bonchev–Trinajstić information content (AvgIpc) is 1.00. The molecule has 0 bridgehead atoms. The SMILES string of the molecule is O.[CaH2].[O]=[AlH]. The molecule has 0 saturated heterocycles. The molecule has 4 heavy (non-hydrogen) atoms. The molecule has 0 saturated carbocycles. The molecular weight excluding hydrogens is 99.1 g/mol. The molecule has 4 heteroatoms. The fourth-order valence-electron chi connectivity index (χ4n) is 0. The van der Waals surface area contributed by atoms with Crippen LogP contribution in [0.2, 0.25) is 0 Å². The molecule has 0 spiro atoms. The van der Waals surface area contributed by atoms with Crippen LogP contribution in [0.1, 0.15) is 0 Å². The standard InChI is InChI=1S/Al.Ca.H2O.O.3H/h;;1H2;;;;. The molecule has 22 valence electrons. The topological polar surface area (TPSA) is 48.6 Å². The van der Waals surface area contributed by atoms with Crippen LogP contribution in [0.5, 0.6) is 0 Å². The van der Waals surface area contributed by atoms with Crippen molar-refractivity contribution >= 4 is 54.0 Å². The molecule has 0 radical (unpaired) electrons. The zero-order chi connectivity index (χ0) is 2.00. The normalized spacial score (nSPS) is 0.750. The molecule has 0 aliphatic carbocycles. The van der Waals surface area contributed by atoms with Crippen molar-refractivity contribution in [2.45, 2.75) is 0 Å². The fraction of sp³-hybridized carbons (Fsp3) is 0. The van der Waals surface area contributed by atoms with Gasteiger partial charge in [0.25, 0.3) is 0 Å². The molecule has 0 atom stereocenters. The second-order valence-electron chi connectivity index (χ2n) is 0. The Labute approximate surface area is 62.5 Å². The van der Waals surface area contributed by atoms with E-state index in [1.54, 1.807) is 0 Å². The van der Waals surface area contributed by atoms with Gasteiger partial charge in [-0.25, -0.2) is 0 Å². The average molecular weight is 104 g/mol. The first-order valence-electron chi connectivity index (χ1n) is 0.289. The zero-order valence-electron chi connectivity index (χ0n) is 1.62. The molecule has 0 aromatic rings. The Morgan fingerprint density at radius 1 is 1.25 bits per heavy atom. The van der Waals surface area contributed by atoms with Crippen LogP contribution in [0.25, 0.3) is 0 Å². The molecule has 0 rings (SSSR count). The van der Waals surface area contributed by atoms with Crippen LogP contribution >= 0.6 is 0 Å². The predicted octanol–water partition coefficient (Wildman–Crippen LogP) is -2.51. The predicted molar refractivity (Wildman–Crippen MR) is 20.0 cm³/mol. The van der Waals surface area contributed by atoms with Crippen molar-refractivity contribution in [3.63, 3.8) is 0 Å². The van der Waals surface area contributed by atoms with Gasteiger partial charge in [-0.2, -0.15) is 0 Å².